The molecule has 0 fully saturated rings. The third kappa shape index (κ3) is 4.01. The molecule has 0 aliphatic rings. The standard InChI is InChI=1S/C9H16/c1-5-9(6-2)7-8(3)4/h5-6,8H,1,7H2,2-4H3/b9-6+. The summed E-state index contributed by atoms with van der Waals surface area (Å²) in [5, 5.41) is 0. The van der Waals surface area contributed by atoms with Gasteiger partial charge in [-0.15, -0.1) is 0 Å². The van der Waals surface area contributed by atoms with Crippen LogP contribution in [0.15, 0.2) is 24.3 Å². The van der Waals surface area contributed by atoms with Crippen molar-refractivity contribution >= 4 is 0 Å². The molecule has 0 radical (unpaired) electrons. The van der Waals surface area contributed by atoms with Crippen molar-refractivity contribution in [3.63, 3.8) is 0 Å². The van der Waals surface area contributed by atoms with Crippen LogP contribution in [-0.2, 0) is 0 Å². The average molecular weight is 124 g/mol. The first kappa shape index (κ1) is 8.48. The van der Waals surface area contributed by atoms with Gasteiger partial charge in [-0.25, -0.2) is 0 Å². The number of hydrogen-bond acceptors (Lipinski definition) is 0. The predicted octanol–water partition coefficient (Wildman–Crippen LogP) is 3.16. The molecule has 0 heterocycles. The van der Waals surface area contributed by atoms with E-state index < -0.39 is 0 Å². The zero-order valence-electron chi connectivity index (χ0n) is 6.65. The normalized spacial score (nSPS) is 12.2. The van der Waals surface area contributed by atoms with Crippen molar-refractivity contribution < 1.29 is 0 Å². The van der Waals surface area contributed by atoms with Crippen molar-refractivity contribution in [3.8, 4) is 0 Å². The van der Waals surface area contributed by atoms with Crippen molar-refractivity contribution in [2.45, 2.75) is 27.2 Å². The SMILES string of the molecule is C=C/C(=C\C)CC(C)C. The molecule has 9 heavy (non-hydrogen) atoms. The van der Waals surface area contributed by atoms with Crippen LogP contribution in [0, 0.1) is 5.92 Å². The Bertz CT molecular complexity index is 107. The van der Waals surface area contributed by atoms with Gasteiger partial charge in [-0.05, 0) is 19.3 Å². The summed E-state index contributed by atoms with van der Waals surface area (Å²) >= 11 is 0. The van der Waals surface area contributed by atoms with Gasteiger partial charge in [-0.2, -0.15) is 0 Å². The van der Waals surface area contributed by atoms with Crippen LogP contribution in [0.5, 0.6) is 0 Å². The van der Waals surface area contributed by atoms with Gasteiger partial charge in [-0.3, -0.25) is 0 Å². The fraction of sp³-hybridized carbons (Fsp3) is 0.556. The largest absolute Gasteiger partial charge is 0.0988 e. The summed E-state index contributed by atoms with van der Waals surface area (Å²) in [5.74, 6) is 0.745. The lowest BCUT2D eigenvalue weighted by atomic mass is 10.0. The lowest BCUT2D eigenvalue weighted by molar-refractivity contribution is 0.649. The third-order valence-electron chi connectivity index (χ3n) is 1.28. The van der Waals surface area contributed by atoms with E-state index in [9.17, 15) is 0 Å². The Morgan fingerprint density at radius 2 is 2.11 bits per heavy atom. The third-order valence-corrected chi connectivity index (χ3v) is 1.28. The molecule has 0 atom stereocenters. The van der Waals surface area contributed by atoms with Gasteiger partial charge in [0.1, 0.15) is 0 Å². The molecule has 0 aliphatic heterocycles. The molecule has 0 bridgehead atoms. The molecule has 0 aromatic rings. The number of hydrogen-bond donors (Lipinski definition) is 0. The summed E-state index contributed by atoms with van der Waals surface area (Å²) in [4.78, 5) is 0. The Kier molecular flexibility index (Phi) is 4.12. The van der Waals surface area contributed by atoms with Crippen LogP contribution in [0.2, 0.25) is 0 Å². The van der Waals surface area contributed by atoms with Gasteiger partial charge in [0.25, 0.3) is 0 Å². The first-order chi connectivity index (χ1) is 4.20. The highest BCUT2D eigenvalue weighted by Gasteiger charge is 1.93. The maximum Gasteiger partial charge on any atom is -0.0259 e. The number of allylic oxidation sites excluding steroid dienone is 3. The highest BCUT2D eigenvalue weighted by atomic mass is 14.0. The minimum absolute atomic E-state index is 0.745. The van der Waals surface area contributed by atoms with E-state index in [0.717, 1.165) is 12.3 Å². The molecule has 0 rings (SSSR count). The quantitative estimate of drug-likeness (QED) is 0.507. The van der Waals surface area contributed by atoms with E-state index in [1.807, 2.05) is 6.08 Å². The van der Waals surface area contributed by atoms with Gasteiger partial charge in [-0.1, -0.05) is 38.2 Å². The maximum atomic E-state index is 3.72. The van der Waals surface area contributed by atoms with Crippen LogP contribution in [-0.4, -0.2) is 0 Å². The maximum absolute atomic E-state index is 3.72. The van der Waals surface area contributed by atoms with Crippen LogP contribution >= 0.6 is 0 Å². The van der Waals surface area contributed by atoms with E-state index in [1.165, 1.54) is 5.57 Å². The van der Waals surface area contributed by atoms with Crippen molar-refractivity contribution in [2.75, 3.05) is 0 Å². The molecule has 0 aromatic carbocycles. The van der Waals surface area contributed by atoms with Gasteiger partial charge in [0, 0.05) is 0 Å². The lowest BCUT2D eigenvalue weighted by Crippen LogP contribution is -1.87. The average Bonchev–Trinajstić information content (AvgIpc) is 1.82. The molecule has 0 saturated carbocycles. The summed E-state index contributed by atoms with van der Waals surface area (Å²) < 4.78 is 0. The van der Waals surface area contributed by atoms with Crippen LogP contribution in [0.1, 0.15) is 27.2 Å². The van der Waals surface area contributed by atoms with Crippen molar-refractivity contribution in [1.29, 1.82) is 0 Å². The van der Waals surface area contributed by atoms with E-state index in [4.69, 9.17) is 0 Å². The molecule has 52 valence electrons. The molecule has 0 aromatic heterocycles. The van der Waals surface area contributed by atoms with E-state index >= 15 is 0 Å². The monoisotopic (exact) mass is 124 g/mol. The summed E-state index contributed by atoms with van der Waals surface area (Å²) in [7, 11) is 0. The minimum Gasteiger partial charge on any atom is -0.0988 e. The van der Waals surface area contributed by atoms with E-state index in [-0.39, 0.29) is 0 Å². The Balaban J connectivity index is 3.71. The molecular formula is C9H16. The zero-order valence-corrected chi connectivity index (χ0v) is 6.65. The highest BCUT2D eigenvalue weighted by molar-refractivity contribution is 5.14. The van der Waals surface area contributed by atoms with E-state index in [1.54, 1.807) is 0 Å². The summed E-state index contributed by atoms with van der Waals surface area (Å²) in [6, 6.07) is 0. The fourth-order valence-corrected chi connectivity index (χ4v) is 0.790. The number of rotatable bonds is 3. The first-order valence-electron chi connectivity index (χ1n) is 3.48. The summed E-state index contributed by atoms with van der Waals surface area (Å²) in [6.07, 6.45) is 5.20. The molecule has 0 saturated heterocycles. The minimum atomic E-state index is 0.745. The van der Waals surface area contributed by atoms with Gasteiger partial charge < -0.3 is 0 Å². The zero-order chi connectivity index (χ0) is 7.28. The van der Waals surface area contributed by atoms with Gasteiger partial charge in [0.2, 0.25) is 0 Å². The lowest BCUT2D eigenvalue weighted by Gasteiger charge is -2.03. The fourth-order valence-electron chi connectivity index (χ4n) is 0.790. The molecular weight excluding hydrogens is 108 g/mol. The van der Waals surface area contributed by atoms with Crippen molar-refractivity contribution in [3.05, 3.63) is 24.3 Å². The van der Waals surface area contributed by atoms with Crippen LogP contribution in [0.25, 0.3) is 0 Å². The molecule has 0 heteroatoms. The van der Waals surface area contributed by atoms with Gasteiger partial charge in [0.15, 0.2) is 0 Å². The Hall–Kier alpha value is -0.520. The van der Waals surface area contributed by atoms with Crippen LogP contribution in [0.3, 0.4) is 0 Å². The Morgan fingerprint density at radius 1 is 1.56 bits per heavy atom. The Morgan fingerprint density at radius 3 is 2.22 bits per heavy atom. The van der Waals surface area contributed by atoms with Crippen molar-refractivity contribution in [2.24, 2.45) is 5.92 Å². The Labute approximate surface area is 58.3 Å². The molecule has 0 nitrogen and oxygen atoms in total. The summed E-state index contributed by atoms with van der Waals surface area (Å²) in [6.45, 7) is 10.2. The summed E-state index contributed by atoms with van der Waals surface area (Å²) in [5.41, 5.74) is 1.35. The highest BCUT2D eigenvalue weighted by Crippen LogP contribution is 2.10. The molecule has 0 amide bonds. The van der Waals surface area contributed by atoms with Gasteiger partial charge in [0.05, 0.1) is 0 Å². The van der Waals surface area contributed by atoms with Crippen LogP contribution < -0.4 is 0 Å². The van der Waals surface area contributed by atoms with Crippen LogP contribution in [0.4, 0.5) is 0 Å². The first-order valence-corrected chi connectivity index (χ1v) is 3.48. The molecule has 0 N–H and O–H groups in total. The second-order valence-electron chi connectivity index (χ2n) is 2.67. The topological polar surface area (TPSA) is 0 Å². The second-order valence-corrected chi connectivity index (χ2v) is 2.67. The second kappa shape index (κ2) is 4.37. The van der Waals surface area contributed by atoms with E-state index in [0.29, 0.717) is 0 Å². The molecule has 0 spiro atoms. The predicted molar refractivity (Wildman–Crippen MR) is 43.4 cm³/mol. The van der Waals surface area contributed by atoms with Gasteiger partial charge >= 0.3 is 0 Å². The molecule has 0 unspecified atom stereocenters. The van der Waals surface area contributed by atoms with E-state index in [2.05, 4.69) is 33.4 Å². The molecule has 0 aliphatic carbocycles. The van der Waals surface area contributed by atoms with Crippen molar-refractivity contribution in [1.82, 2.24) is 0 Å². The smallest absolute Gasteiger partial charge is 0.0259 e.